The van der Waals surface area contributed by atoms with E-state index in [-0.39, 0.29) is 0 Å². The zero-order chi connectivity index (χ0) is 27.3. The average Bonchev–Trinajstić information content (AvgIpc) is 3.28. The molecule has 10 heteroatoms. The van der Waals surface area contributed by atoms with Crippen LogP contribution in [-0.2, 0) is 23.3 Å². The molecule has 3 aromatic rings. The number of halogens is 3. The molecule has 2 unspecified atom stereocenters. The Morgan fingerprint density at radius 2 is 1.97 bits per heavy atom. The second-order valence-electron chi connectivity index (χ2n) is 9.71. The van der Waals surface area contributed by atoms with Crippen LogP contribution < -0.4 is 10.1 Å². The number of nitrogens with zero attached hydrogens (tertiary/aromatic N) is 1. The summed E-state index contributed by atoms with van der Waals surface area (Å²) in [5, 5.41) is 13.2. The minimum Gasteiger partial charge on any atom is -0.482 e. The normalized spacial score (nSPS) is 17.9. The van der Waals surface area contributed by atoms with Crippen LogP contribution in [-0.4, -0.2) is 28.7 Å². The van der Waals surface area contributed by atoms with E-state index in [9.17, 15) is 18.0 Å². The zero-order valence-corrected chi connectivity index (χ0v) is 22.9. The predicted octanol–water partition coefficient (Wildman–Crippen LogP) is 7.56. The molecule has 0 radical (unpaired) electrons. The Bertz CT molecular complexity index is 1250. The molecule has 1 fully saturated rings. The number of alkyl halides is 3. The van der Waals surface area contributed by atoms with Crippen LogP contribution in [0.3, 0.4) is 0 Å². The molecule has 1 heterocycles. The van der Waals surface area contributed by atoms with Crippen LogP contribution in [0.4, 0.5) is 13.2 Å². The van der Waals surface area contributed by atoms with Gasteiger partial charge in [0.05, 0.1) is 11.3 Å². The largest absolute Gasteiger partial charge is 0.482 e. The number of hydrogen-bond donors (Lipinski definition) is 2. The van der Waals surface area contributed by atoms with Gasteiger partial charge in [0, 0.05) is 33.7 Å². The van der Waals surface area contributed by atoms with Crippen molar-refractivity contribution in [2.24, 2.45) is 5.92 Å². The van der Waals surface area contributed by atoms with Crippen molar-refractivity contribution in [2.75, 3.05) is 6.61 Å². The molecule has 4 rings (SSSR count). The molecule has 38 heavy (non-hydrogen) atoms. The standard InChI is InChI=1S/C28H31F3N2O3S2/c1-17-4-3-5-21(12-17)32-14-23-25(16-37-22-10-11-24(18(2)13-22)36-15-26(34)35)38-27(33-23)19-6-8-20(9-7-19)28(29,30)31/h6-11,13,17,21,32H,3-5,12,14-16H2,1-2H3,(H,34,35). The Kier molecular flexibility index (Phi) is 9.38. The first-order chi connectivity index (χ1) is 18.1. The van der Waals surface area contributed by atoms with Crippen LogP contribution in [0.1, 0.15) is 54.3 Å². The minimum atomic E-state index is -4.37. The van der Waals surface area contributed by atoms with Gasteiger partial charge in [-0.05, 0) is 61.6 Å². The van der Waals surface area contributed by atoms with Crippen LogP contribution in [0.15, 0.2) is 47.4 Å². The van der Waals surface area contributed by atoms with Gasteiger partial charge >= 0.3 is 12.1 Å². The third-order valence-electron chi connectivity index (χ3n) is 6.60. The number of nitrogens with one attached hydrogen (secondary N) is 1. The zero-order valence-electron chi connectivity index (χ0n) is 21.3. The molecule has 0 bridgehead atoms. The first-order valence-corrected chi connectivity index (χ1v) is 14.4. The SMILES string of the molecule is Cc1cc(SCc2sc(-c3ccc(C(F)(F)F)cc3)nc2CNC2CCCC(C)C2)ccc1OCC(=O)O. The summed E-state index contributed by atoms with van der Waals surface area (Å²) < 4.78 is 44.4. The molecular formula is C28H31F3N2O3S2. The van der Waals surface area contributed by atoms with E-state index in [1.807, 2.05) is 19.1 Å². The number of benzene rings is 2. The second kappa shape index (κ2) is 12.5. The minimum absolute atomic E-state index is 0.392. The maximum atomic E-state index is 13.0. The van der Waals surface area contributed by atoms with Gasteiger partial charge in [0.1, 0.15) is 10.8 Å². The number of aliphatic carboxylic acids is 1. The van der Waals surface area contributed by atoms with Crippen LogP contribution in [0.5, 0.6) is 5.75 Å². The topological polar surface area (TPSA) is 71.5 Å². The molecule has 2 N–H and O–H groups in total. The van der Waals surface area contributed by atoms with E-state index in [4.69, 9.17) is 14.8 Å². The van der Waals surface area contributed by atoms with Gasteiger partial charge in [-0.3, -0.25) is 0 Å². The fraction of sp³-hybridized carbons (Fsp3) is 0.429. The summed E-state index contributed by atoms with van der Waals surface area (Å²) >= 11 is 3.14. The van der Waals surface area contributed by atoms with Gasteiger partial charge in [-0.15, -0.1) is 23.1 Å². The van der Waals surface area contributed by atoms with Crippen molar-refractivity contribution in [3.8, 4) is 16.3 Å². The van der Waals surface area contributed by atoms with Crippen molar-refractivity contribution in [1.29, 1.82) is 0 Å². The summed E-state index contributed by atoms with van der Waals surface area (Å²) in [7, 11) is 0. The molecule has 2 atom stereocenters. The van der Waals surface area contributed by atoms with Gasteiger partial charge in [0.15, 0.2) is 6.61 Å². The van der Waals surface area contributed by atoms with Crippen molar-refractivity contribution in [1.82, 2.24) is 10.3 Å². The number of ether oxygens (including phenoxy) is 1. The molecule has 0 aliphatic heterocycles. The maximum absolute atomic E-state index is 13.0. The van der Waals surface area contributed by atoms with E-state index in [2.05, 4.69) is 12.2 Å². The molecular weight excluding hydrogens is 533 g/mol. The first-order valence-electron chi connectivity index (χ1n) is 12.6. The molecule has 2 aromatic carbocycles. The lowest BCUT2D eigenvalue weighted by Gasteiger charge is -2.27. The number of thioether (sulfide) groups is 1. The smallest absolute Gasteiger partial charge is 0.416 e. The molecule has 204 valence electrons. The van der Waals surface area contributed by atoms with Gasteiger partial charge in [0.2, 0.25) is 0 Å². The van der Waals surface area contributed by atoms with E-state index in [0.29, 0.717) is 40.6 Å². The maximum Gasteiger partial charge on any atom is 0.416 e. The van der Waals surface area contributed by atoms with Crippen molar-refractivity contribution in [3.05, 3.63) is 64.2 Å². The highest BCUT2D eigenvalue weighted by molar-refractivity contribution is 7.98. The average molecular weight is 565 g/mol. The van der Waals surface area contributed by atoms with Gasteiger partial charge in [-0.1, -0.05) is 31.9 Å². The van der Waals surface area contributed by atoms with Crippen molar-refractivity contribution in [3.63, 3.8) is 0 Å². The molecule has 5 nitrogen and oxygen atoms in total. The summed E-state index contributed by atoms with van der Waals surface area (Å²) in [4.78, 5) is 17.7. The molecule has 0 spiro atoms. The number of rotatable bonds is 10. The summed E-state index contributed by atoms with van der Waals surface area (Å²) in [6.45, 7) is 4.38. The molecule has 1 saturated carbocycles. The van der Waals surface area contributed by atoms with Crippen molar-refractivity contribution in [2.45, 2.75) is 68.9 Å². The van der Waals surface area contributed by atoms with Crippen LogP contribution in [0.25, 0.3) is 10.6 Å². The van der Waals surface area contributed by atoms with E-state index >= 15 is 0 Å². The fourth-order valence-electron chi connectivity index (χ4n) is 4.58. The molecule has 0 saturated heterocycles. The van der Waals surface area contributed by atoms with Gasteiger partial charge in [0.25, 0.3) is 0 Å². The summed E-state index contributed by atoms with van der Waals surface area (Å²) in [5.74, 6) is 0.858. The first kappa shape index (κ1) is 28.4. The highest BCUT2D eigenvalue weighted by Gasteiger charge is 2.30. The quantitative estimate of drug-likeness (QED) is 0.248. The number of aromatic nitrogens is 1. The highest BCUT2D eigenvalue weighted by atomic mass is 32.2. The summed E-state index contributed by atoms with van der Waals surface area (Å²) in [6, 6.07) is 11.2. The van der Waals surface area contributed by atoms with E-state index in [0.717, 1.165) is 46.0 Å². The number of thiazole rings is 1. The third-order valence-corrected chi connectivity index (χ3v) is 8.95. The van der Waals surface area contributed by atoms with Crippen LogP contribution in [0.2, 0.25) is 0 Å². The fourth-order valence-corrected chi connectivity index (χ4v) is 6.76. The Hall–Kier alpha value is -2.56. The number of carbonyl (C=O) groups is 1. The van der Waals surface area contributed by atoms with Gasteiger partial charge in [-0.2, -0.15) is 13.2 Å². The van der Waals surface area contributed by atoms with Crippen LogP contribution in [0, 0.1) is 12.8 Å². The van der Waals surface area contributed by atoms with E-state index in [1.54, 1.807) is 17.8 Å². The molecule has 1 aliphatic carbocycles. The van der Waals surface area contributed by atoms with E-state index < -0.39 is 24.3 Å². The molecule has 0 amide bonds. The second-order valence-corrected chi connectivity index (χ2v) is 11.8. The molecule has 1 aliphatic rings. The lowest BCUT2D eigenvalue weighted by molar-refractivity contribution is -0.139. The number of hydrogen-bond acceptors (Lipinski definition) is 6. The number of aryl methyl sites for hydroxylation is 1. The number of carboxylic acids is 1. The lowest BCUT2D eigenvalue weighted by atomic mass is 9.87. The van der Waals surface area contributed by atoms with Crippen molar-refractivity contribution < 1.29 is 27.8 Å². The predicted molar refractivity (Wildman–Crippen MR) is 145 cm³/mol. The van der Waals surface area contributed by atoms with Crippen molar-refractivity contribution >= 4 is 29.1 Å². The molecule has 1 aromatic heterocycles. The Morgan fingerprint density at radius 1 is 1.21 bits per heavy atom. The Morgan fingerprint density at radius 3 is 2.63 bits per heavy atom. The third kappa shape index (κ3) is 7.74. The summed E-state index contributed by atoms with van der Waals surface area (Å²) in [5.41, 5.74) is 1.77. The highest BCUT2D eigenvalue weighted by Crippen LogP contribution is 2.36. The Balaban J connectivity index is 1.51. The van der Waals surface area contributed by atoms with Gasteiger partial charge in [-0.25, -0.2) is 9.78 Å². The Labute approximate surface area is 228 Å². The monoisotopic (exact) mass is 564 g/mol. The van der Waals surface area contributed by atoms with Gasteiger partial charge < -0.3 is 15.2 Å². The summed E-state index contributed by atoms with van der Waals surface area (Å²) in [6.07, 6.45) is 0.368. The van der Waals surface area contributed by atoms with Crippen LogP contribution >= 0.6 is 23.1 Å². The van der Waals surface area contributed by atoms with E-state index in [1.165, 1.54) is 36.3 Å². The number of carboxylic acid groups (broad SMARTS) is 1. The lowest BCUT2D eigenvalue weighted by Crippen LogP contribution is -2.33.